The summed E-state index contributed by atoms with van der Waals surface area (Å²) >= 11 is 0. The number of para-hydroxylation sites is 1. The summed E-state index contributed by atoms with van der Waals surface area (Å²) in [6.07, 6.45) is -0.622. The highest BCUT2D eigenvalue weighted by Gasteiger charge is 2.21. The molecular formula is C20H19N3O2. The van der Waals surface area contributed by atoms with Gasteiger partial charge in [-0.25, -0.2) is 0 Å². The molecule has 0 aliphatic heterocycles. The quantitative estimate of drug-likeness (QED) is 0.716. The third-order valence-electron chi connectivity index (χ3n) is 3.80. The Hall–Kier alpha value is -3.21. The fourth-order valence-electron chi connectivity index (χ4n) is 2.41. The number of benzene rings is 2. The van der Waals surface area contributed by atoms with Gasteiger partial charge < -0.3 is 4.74 Å². The van der Waals surface area contributed by atoms with Gasteiger partial charge in [0.1, 0.15) is 5.75 Å². The largest absolute Gasteiger partial charge is 0.481 e. The van der Waals surface area contributed by atoms with Gasteiger partial charge in [-0.1, -0.05) is 48.5 Å². The van der Waals surface area contributed by atoms with Crippen LogP contribution in [0, 0.1) is 0 Å². The molecule has 1 aromatic heterocycles. The van der Waals surface area contributed by atoms with Crippen LogP contribution in [0.25, 0.3) is 11.3 Å². The average molecular weight is 333 g/mol. The Kier molecular flexibility index (Phi) is 5.04. The van der Waals surface area contributed by atoms with Crippen molar-refractivity contribution in [2.24, 2.45) is 0 Å². The van der Waals surface area contributed by atoms with E-state index in [2.05, 4.69) is 10.2 Å². The van der Waals surface area contributed by atoms with Gasteiger partial charge in [-0.05, 0) is 31.2 Å². The van der Waals surface area contributed by atoms with E-state index in [1.807, 2.05) is 66.7 Å². The van der Waals surface area contributed by atoms with Crippen molar-refractivity contribution >= 4 is 11.7 Å². The summed E-state index contributed by atoms with van der Waals surface area (Å²) in [6.45, 7) is 1.72. The normalized spacial score (nSPS) is 11.6. The Balaban J connectivity index is 1.69. The molecule has 3 aromatic rings. The molecule has 126 valence electrons. The average Bonchev–Trinajstić information content (AvgIpc) is 2.68. The second kappa shape index (κ2) is 7.57. The first kappa shape index (κ1) is 16.6. The Labute approximate surface area is 146 Å². The summed E-state index contributed by atoms with van der Waals surface area (Å²) < 4.78 is 5.67. The van der Waals surface area contributed by atoms with Crippen molar-refractivity contribution in [3.63, 3.8) is 0 Å². The van der Waals surface area contributed by atoms with Gasteiger partial charge in [-0.2, -0.15) is 0 Å². The van der Waals surface area contributed by atoms with Gasteiger partial charge in [0, 0.05) is 12.6 Å². The van der Waals surface area contributed by atoms with Gasteiger partial charge in [-0.15, -0.1) is 10.2 Å². The zero-order valence-electron chi connectivity index (χ0n) is 14.2. The number of anilines is 1. The van der Waals surface area contributed by atoms with E-state index in [-0.39, 0.29) is 5.91 Å². The highest BCUT2D eigenvalue weighted by atomic mass is 16.5. The number of amides is 1. The molecule has 0 aliphatic carbocycles. The van der Waals surface area contributed by atoms with Crippen LogP contribution in [0.4, 0.5) is 5.82 Å². The predicted molar refractivity (Wildman–Crippen MR) is 97.4 cm³/mol. The summed E-state index contributed by atoms with van der Waals surface area (Å²) in [5, 5.41) is 8.38. The molecule has 25 heavy (non-hydrogen) atoms. The zero-order valence-corrected chi connectivity index (χ0v) is 14.2. The molecule has 0 aliphatic rings. The van der Waals surface area contributed by atoms with Crippen LogP contribution in [0.1, 0.15) is 6.92 Å². The number of carbonyl (C=O) groups is 1. The smallest absolute Gasteiger partial charge is 0.268 e. The first-order valence-corrected chi connectivity index (χ1v) is 8.03. The first-order chi connectivity index (χ1) is 12.1. The molecule has 2 aromatic carbocycles. The van der Waals surface area contributed by atoms with Crippen molar-refractivity contribution in [3.05, 3.63) is 72.8 Å². The maximum atomic E-state index is 12.5. The molecule has 0 bridgehead atoms. The van der Waals surface area contributed by atoms with Crippen LogP contribution in [-0.4, -0.2) is 29.3 Å². The lowest BCUT2D eigenvalue weighted by atomic mass is 10.1. The molecule has 0 saturated heterocycles. The molecular weight excluding hydrogens is 314 g/mol. The zero-order chi connectivity index (χ0) is 17.6. The maximum absolute atomic E-state index is 12.5. The predicted octanol–water partition coefficient (Wildman–Crippen LogP) is 3.57. The Morgan fingerprint density at radius 2 is 1.56 bits per heavy atom. The highest BCUT2D eigenvalue weighted by Crippen LogP contribution is 2.18. The summed E-state index contributed by atoms with van der Waals surface area (Å²) in [5.74, 6) is 0.945. The minimum atomic E-state index is -0.622. The van der Waals surface area contributed by atoms with E-state index in [9.17, 15) is 4.79 Å². The molecule has 1 amide bonds. The van der Waals surface area contributed by atoms with Crippen LogP contribution < -0.4 is 9.64 Å². The van der Waals surface area contributed by atoms with E-state index >= 15 is 0 Å². The van der Waals surface area contributed by atoms with Crippen LogP contribution in [-0.2, 0) is 4.79 Å². The van der Waals surface area contributed by atoms with Crippen molar-refractivity contribution in [1.29, 1.82) is 0 Å². The molecule has 1 heterocycles. The molecule has 3 rings (SSSR count). The molecule has 5 heteroatoms. The van der Waals surface area contributed by atoms with Crippen LogP contribution >= 0.6 is 0 Å². The molecule has 0 unspecified atom stereocenters. The van der Waals surface area contributed by atoms with Gasteiger partial charge in [-0.3, -0.25) is 9.69 Å². The third-order valence-corrected chi connectivity index (χ3v) is 3.80. The maximum Gasteiger partial charge on any atom is 0.268 e. The molecule has 0 radical (unpaired) electrons. The van der Waals surface area contributed by atoms with Gasteiger partial charge in [0.15, 0.2) is 11.9 Å². The number of rotatable bonds is 5. The van der Waals surface area contributed by atoms with Crippen molar-refractivity contribution in [2.45, 2.75) is 13.0 Å². The number of carbonyl (C=O) groups excluding carboxylic acids is 1. The number of nitrogens with zero attached hydrogens (tertiary/aromatic N) is 3. The lowest BCUT2D eigenvalue weighted by Gasteiger charge is -2.21. The van der Waals surface area contributed by atoms with E-state index < -0.39 is 6.10 Å². The second-order valence-corrected chi connectivity index (χ2v) is 5.61. The lowest BCUT2D eigenvalue weighted by molar-refractivity contribution is -0.124. The standard InChI is InChI=1S/C20H19N3O2/c1-15(25-17-11-7-4-8-12-17)20(24)23(2)19-14-13-18(21-22-19)16-9-5-3-6-10-16/h3-15H,1-2H3/t15-/m1/s1. The Bertz CT molecular complexity index is 821. The lowest BCUT2D eigenvalue weighted by Crippen LogP contribution is -2.38. The number of likely N-dealkylation sites (N-methyl/N-ethyl adjacent to an activating group) is 1. The second-order valence-electron chi connectivity index (χ2n) is 5.61. The van der Waals surface area contributed by atoms with Crippen molar-refractivity contribution in [3.8, 4) is 17.0 Å². The monoisotopic (exact) mass is 333 g/mol. The molecule has 5 nitrogen and oxygen atoms in total. The highest BCUT2D eigenvalue weighted by molar-refractivity contribution is 5.95. The molecule has 0 N–H and O–H groups in total. The Morgan fingerprint density at radius 1 is 0.920 bits per heavy atom. The summed E-state index contributed by atoms with van der Waals surface area (Å²) in [6, 6.07) is 22.7. The minimum Gasteiger partial charge on any atom is -0.481 e. The van der Waals surface area contributed by atoms with Crippen LogP contribution in [0.5, 0.6) is 5.75 Å². The summed E-state index contributed by atoms with van der Waals surface area (Å²) in [4.78, 5) is 14.0. The van der Waals surface area contributed by atoms with E-state index in [0.29, 0.717) is 11.6 Å². The number of aromatic nitrogens is 2. The summed E-state index contributed by atoms with van der Waals surface area (Å²) in [5.41, 5.74) is 1.75. The number of hydrogen-bond donors (Lipinski definition) is 0. The molecule has 0 saturated carbocycles. The fraction of sp³-hybridized carbons (Fsp3) is 0.150. The van der Waals surface area contributed by atoms with Crippen molar-refractivity contribution in [2.75, 3.05) is 11.9 Å². The molecule has 0 spiro atoms. The fourth-order valence-corrected chi connectivity index (χ4v) is 2.41. The Morgan fingerprint density at radius 3 is 2.16 bits per heavy atom. The topological polar surface area (TPSA) is 55.3 Å². The summed E-state index contributed by atoms with van der Waals surface area (Å²) in [7, 11) is 1.67. The van der Waals surface area contributed by atoms with Crippen molar-refractivity contribution in [1.82, 2.24) is 10.2 Å². The third kappa shape index (κ3) is 4.01. The first-order valence-electron chi connectivity index (χ1n) is 8.03. The van der Waals surface area contributed by atoms with Gasteiger partial charge >= 0.3 is 0 Å². The number of hydrogen-bond acceptors (Lipinski definition) is 4. The van der Waals surface area contributed by atoms with Crippen LogP contribution in [0.15, 0.2) is 72.8 Å². The number of ether oxygens (including phenoxy) is 1. The SMILES string of the molecule is C[C@@H](Oc1ccccc1)C(=O)N(C)c1ccc(-c2ccccc2)nn1. The molecule has 1 atom stereocenters. The minimum absolute atomic E-state index is 0.189. The van der Waals surface area contributed by atoms with Crippen LogP contribution in [0.3, 0.4) is 0 Å². The van der Waals surface area contributed by atoms with Gasteiger partial charge in [0.2, 0.25) is 0 Å². The van der Waals surface area contributed by atoms with Gasteiger partial charge in [0.05, 0.1) is 5.69 Å². The van der Waals surface area contributed by atoms with Gasteiger partial charge in [0.25, 0.3) is 5.91 Å². The van der Waals surface area contributed by atoms with E-state index in [4.69, 9.17) is 4.74 Å². The van der Waals surface area contributed by atoms with Crippen LogP contribution in [0.2, 0.25) is 0 Å². The van der Waals surface area contributed by atoms with E-state index in [1.165, 1.54) is 4.90 Å². The van der Waals surface area contributed by atoms with E-state index in [0.717, 1.165) is 11.3 Å². The van der Waals surface area contributed by atoms with E-state index in [1.54, 1.807) is 20.0 Å². The molecule has 0 fully saturated rings. The van der Waals surface area contributed by atoms with Crippen molar-refractivity contribution < 1.29 is 9.53 Å².